The van der Waals surface area contributed by atoms with Crippen LogP contribution in [0.4, 0.5) is 0 Å². The number of ether oxygens (including phenoxy) is 1. The molecule has 1 heterocycles. The summed E-state index contributed by atoms with van der Waals surface area (Å²) in [5, 5.41) is 9.60. The molecule has 0 radical (unpaired) electrons. The molecular formula is C20H35ClN2O5. The van der Waals surface area contributed by atoms with E-state index in [1.165, 1.54) is 14.0 Å². The van der Waals surface area contributed by atoms with Crippen molar-refractivity contribution in [2.75, 3.05) is 26.6 Å². The fourth-order valence-corrected chi connectivity index (χ4v) is 1.94. The average molecular weight is 419 g/mol. The van der Waals surface area contributed by atoms with E-state index in [-0.39, 0.29) is 11.7 Å². The van der Waals surface area contributed by atoms with Gasteiger partial charge in [0.2, 0.25) is 5.91 Å². The van der Waals surface area contributed by atoms with Crippen molar-refractivity contribution < 1.29 is 24.0 Å². The first-order valence-corrected chi connectivity index (χ1v) is 9.95. The molecule has 1 aliphatic carbocycles. The van der Waals surface area contributed by atoms with Gasteiger partial charge in [0.1, 0.15) is 11.6 Å². The minimum absolute atomic E-state index is 0.0949. The summed E-state index contributed by atoms with van der Waals surface area (Å²) in [4.78, 5) is 35.0. The Morgan fingerprint density at radius 1 is 1.29 bits per heavy atom. The van der Waals surface area contributed by atoms with Crippen LogP contribution < -0.4 is 0 Å². The third-order valence-electron chi connectivity index (χ3n) is 3.99. The molecule has 1 aliphatic heterocycles. The number of ketones is 2. The third-order valence-corrected chi connectivity index (χ3v) is 4.25. The van der Waals surface area contributed by atoms with E-state index in [9.17, 15) is 14.4 Å². The maximum absolute atomic E-state index is 10.2. The molecule has 2 aliphatic rings. The van der Waals surface area contributed by atoms with E-state index in [0.29, 0.717) is 24.0 Å². The summed E-state index contributed by atoms with van der Waals surface area (Å²) in [5.74, 6) is 1.56. The molecule has 0 aromatic rings. The van der Waals surface area contributed by atoms with Gasteiger partial charge in [-0.3, -0.25) is 14.4 Å². The molecule has 8 heteroatoms. The van der Waals surface area contributed by atoms with Crippen LogP contribution >= 0.6 is 11.6 Å². The fourth-order valence-electron chi connectivity index (χ4n) is 1.80. The Hall–Kier alpha value is -1.49. The Bertz CT molecular complexity index is 509. The maximum Gasteiger partial charge on any atom is 0.242 e. The van der Waals surface area contributed by atoms with Gasteiger partial charge in [-0.1, -0.05) is 0 Å². The molecule has 0 bridgehead atoms. The second kappa shape index (κ2) is 16.5. The zero-order valence-electron chi connectivity index (χ0n) is 18.0. The number of halogens is 1. The molecule has 162 valence electrons. The summed E-state index contributed by atoms with van der Waals surface area (Å²) in [6.07, 6.45) is 5.67. The molecule has 2 rings (SSSR count). The molecule has 1 saturated carbocycles. The van der Waals surface area contributed by atoms with Crippen molar-refractivity contribution in [1.29, 1.82) is 5.26 Å². The van der Waals surface area contributed by atoms with E-state index < -0.39 is 5.60 Å². The predicted octanol–water partition coefficient (Wildman–Crippen LogP) is 3.68. The van der Waals surface area contributed by atoms with Gasteiger partial charge < -0.3 is 9.53 Å². The van der Waals surface area contributed by atoms with Crippen LogP contribution in [-0.4, -0.2) is 54.8 Å². The largest absolute Gasteiger partial charge is 0.360 e. The summed E-state index contributed by atoms with van der Waals surface area (Å²) in [6, 6.07) is 2.12. The zero-order chi connectivity index (χ0) is 22.2. The molecule has 1 amide bonds. The number of carbonyl (C=O) groups is 3. The lowest BCUT2D eigenvalue weighted by molar-refractivity contribution is -0.165. The molecule has 1 unspecified atom stereocenters. The molecule has 2 fully saturated rings. The number of carbonyl (C=O) groups excluding carboxylic acids is 3. The third kappa shape index (κ3) is 17.9. The second-order valence-corrected chi connectivity index (χ2v) is 7.25. The SMILES string of the molecule is CC(=O)C1CC1.CC(=O)CCCCl.CC1(C#N)CCCO1.CON(C)C(C)=O. The number of alkyl halides is 1. The first-order chi connectivity index (χ1) is 13.0. The number of hydrogen-bond donors (Lipinski definition) is 0. The normalized spacial score (nSPS) is 19.4. The predicted molar refractivity (Wildman–Crippen MR) is 109 cm³/mol. The number of hydroxylamine groups is 2. The van der Waals surface area contributed by atoms with Gasteiger partial charge in [-0.05, 0) is 52.9 Å². The standard InChI is InChI=1S/C6H9NO.C5H9ClO.C5H8O.C4H9NO2/c1-6(5-7)3-2-4-8-6;1-5(7)3-2-4-6;1-4(6)5-2-3-5;1-4(6)5(2)7-3/h2-4H2,1H3;2-4H2,1H3;5H,2-3H2,1H3;1-3H3. The molecule has 1 saturated heterocycles. The minimum atomic E-state index is -0.458. The van der Waals surface area contributed by atoms with Crippen molar-refractivity contribution in [3.05, 3.63) is 0 Å². The van der Waals surface area contributed by atoms with Crippen molar-refractivity contribution in [3.63, 3.8) is 0 Å². The number of amides is 1. The molecule has 0 N–H and O–H groups in total. The molecule has 28 heavy (non-hydrogen) atoms. The number of hydrogen-bond acceptors (Lipinski definition) is 6. The summed E-state index contributed by atoms with van der Waals surface area (Å²) < 4.78 is 5.13. The lowest BCUT2D eigenvalue weighted by Gasteiger charge is -2.10. The van der Waals surface area contributed by atoms with E-state index in [0.717, 1.165) is 43.8 Å². The lowest BCUT2D eigenvalue weighted by Crippen LogP contribution is -2.21. The van der Waals surface area contributed by atoms with Crippen LogP contribution in [-0.2, 0) is 24.0 Å². The Balaban J connectivity index is 0. The topological polar surface area (TPSA) is 96.7 Å². The first-order valence-electron chi connectivity index (χ1n) is 9.42. The van der Waals surface area contributed by atoms with Gasteiger partial charge in [0.15, 0.2) is 5.60 Å². The zero-order valence-corrected chi connectivity index (χ0v) is 18.8. The summed E-state index contributed by atoms with van der Waals surface area (Å²) in [5.41, 5.74) is -0.458. The van der Waals surface area contributed by atoms with Crippen LogP contribution in [0.25, 0.3) is 0 Å². The van der Waals surface area contributed by atoms with Gasteiger partial charge in [0.25, 0.3) is 0 Å². The van der Waals surface area contributed by atoms with Crippen LogP contribution in [0.5, 0.6) is 0 Å². The lowest BCUT2D eigenvalue weighted by atomic mass is 10.1. The van der Waals surface area contributed by atoms with Gasteiger partial charge >= 0.3 is 0 Å². The van der Waals surface area contributed by atoms with Crippen LogP contribution in [0.2, 0.25) is 0 Å². The Labute approximate surface area is 174 Å². The summed E-state index contributed by atoms with van der Waals surface area (Å²) in [6.45, 7) is 7.26. The number of nitrogens with zero attached hydrogens (tertiary/aromatic N) is 2. The monoisotopic (exact) mass is 418 g/mol. The summed E-state index contributed by atoms with van der Waals surface area (Å²) >= 11 is 5.29. The highest BCUT2D eigenvalue weighted by atomic mass is 35.5. The average Bonchev–Trinajstić information content (AvgIpc) is 3.42. The van der Waals surface area contributed by atoms with Gasteiger partial charge in [-0.25, -0.2) is 5.06 Å². The van der Waals surface area contributed by atoms with Gasteiger partial charge in [0, 0.05) is 38.8 Å². The minimum Gasteiger partial charge on any atom is -0.360 e. The van der Waals surface area contributed by atoms with Crippen molar-refractivity contribution >= 4 is 29.1 Å². The maximum atomic E-state index is 10.2. The van der Waals surface area contributed by atoms with Crippen molar-refractivity contribution in [2.45, 2.75) is 71.8 Å². The molecule has 0 spiro atoms. The quantitative estimate of drug-likeness (QED) is 0.499. The van der Waals surface area contributed by atoms with Crippen molar-refractivity contribution in [2.24, 2.45) is 5.92 Å². The van der Waals surface area contributed by atoms with E-state index >= 15 is 0 Å². The van der Waals surface area contributed by atoms with E-state index in [4.69, 9.17) is 21.6 Å². The number of nitriles is 1. The second-order valence-electron chi connectivity index (χ2n) is 6.87. The van der Waals surface area contributed by atoms with E-state index in [1.54, 1.807) is 20.9 Å². The van der Waals surface area contributed by atoms with Crippen LogP contribution in [0.1, 0.15) is 66.2 Å². The summed E-state index contributed by atoms with van der Waals surface area (Å²) in [7, 11) is 3.00. The van der Waals surface area contributed by atoms with Crippen molar-refractivity contribution in [3.8, 4) is 6.07 Å². The number of Topliss-reactive ketones (excluding diaryl/α,β-unsaturated/α-hetero) is 2. The Morgan fingerprint density at radius 2 is 1.86 bits per heavy atom. The Morgan fingerprint density at radius 3 is 1.96 bits per heavy atom. The highest BCUT2D eigenvalue weighted by Gasteiger charge is 2.28. The van der Waals surface area contributed by atoms with E-state index in [2.05, 4.69) is 10.9 Å². The molecule has 7 nitrogen and oxygen atoms in total. The highest BCUT2D eigenvalue weighted by Crippen LogP contribution is 2.29. The molecule has 0 aromatic heterocycles. The van der Waals surface area contributed by atoms with Crippen LogP contribution in [0, 0.1) is 17.2 Å². The smallest absolute Gasteiger partial charge is 0.242 e. The van der Waals surface area contributed by atoms with Gasteiger partial charge in [0.05, 0.1) is 13.2 Å². The molecular weight excluding hydrogens is 384 g/mol. The molecule has 0 aromatic carbocycles. The fraction of sp³-hybridized carbons (Fsp3) is 0.800. The van der Waals surface area contributed by atoms with Crippen LogP contribution in [0.15, 0.2) is 0 Å². The van der Waals surface area contributed by atoms with Crippen molar-refractivity contribution in [1.82, 2.24) is 5.06 Å². The number of rotatable bonds is 5. The van der Waals surface area contributed by atoms with E-state index in [1.807, 2.05) is 6.92 Å². The molecule has 1 atom stereocenters. The highest BCUT2D eigenvalue weighted by molar-refractivity contribution is 6.17. The van der Waals surface area contributed by atoms with Gasteiger partial charge in [-0.15, -0.1) is 11.6 Å². The van der Waals surface area contributed by atoms with Crippen LogP contribution in [0.3, 0.4) is 0 Å². The van der Waals surface area contributed by atoms with Gasteiger partial charge in [-0.2, -0.15) is 5.26 Å². The first kappa shape index (κ1) is 28.7. The Kier molecular flexibility index (Phi) is 16.9.